The summed E-state index contributed by atoms with van der Waals surface area (Å²) in [6.07, 6.45) is 4.40. The van der Waals surface area contributed by atoms with Gasteiger partial charge in [0, 0.05) is 50.5 Å². The second kappa shape index (κ2) is 14.4. The number of fused-ring (bicyclic) bond motifs is 1. The minimum absolute atomic E-state index is 0.00942. The zero-order chi connectivity index (χ0) is 36.6. The van der Waals surface area contributed by atoms with E-state index >= 15 is 0 Å². The number of carboxylic acid groups (broad SMARTS) is 1. The lowest BCUT2D eigenvalue weighted by Gasteiger charge is -2.36. The van der Waals surface area contributed by atoms with Crippen LogP contribution in [-0.4, -0.2) is 114 Å². The molecule has 6 N–H and O–H groups in total. The average molecular weight is 709 g/mol. The van der Waals surface area contributed by atoms with Crippen LogP contribution in [0.3, 0.4) is 0 Å². The maximum Gasteiger partial charge on any atom is 0.547 e. The monoisotopic (exact) mass is 709 g/mol. The summed E-state index contributed by atoms with van der Waals surface area (Å²) in [5, 5.41) is 53.0. The predicted octanol–water partition coefficient (Wildman–Crippen LogP) is 1.47. The summed E-state index contributed by atoms with van der Waals surface area (Å²) in [5.41, 5.74) is -0.0691. The van der Waals surface area contributed by atoms with E-state index in [4.69, 9.17) is 4.65 Å². The van der Waals surface area contributed by atoms with Crippen molar-refractivity contribution < 1.29 is 53.0 Å². The van der Waals surface area contributed by atoms with Crippen LogP contribution < -0.4 is 15.3 Å². The van der Waals surface area contributed by atoms with Crippen molar-refractivity contribution in [3.8, 4) is 17.2 Å². The van der Waals surface area contributed by atoms with Crippen molar-refractivity contribution in [1.29, 1.82) is 0 Å². The lowest BCUT2D eigenvalue weighted by Crippen LogP contribution is -2.56. The molecule has 16 nitrogen and oxygen atoms in total. The van der Waals surface area contributed by atoms with E-state index in [1.165, 1.54) is 13.0 Å². The van der Waals surface area contributed by atoms with Crippen molar-refractivity contribution in [1.82, 2.24) is 35.5 Å². The number of aromatic nitrogens is 2. The summed E-state index contributed by atoms with van der Waals surface area (Å²) in [6.45, 7) is 3.58. The van der Waals surface area contributed by atoms with Gasteiger partial charge < -0.3 is 40.5 Å². The Morgan fingerprint density at radius 1 is 1.06 bits per heavy atom. The second-order valence-electron chi connectivity index (χ2n) is 12.6. The molecule has 2 atom stereocenters. The molecule has 3 aliphatic heterocycles. The summed E-state index contributed by atoms with van der Waals surface area (Å²) >= 11 is 0. The van der Waals surface area contributed by atoms with Crippen LogP contribution in [0.15, 0.2) is 36.7 Å². The number of hydrogen-bond acceptors (Lipinski definition) is 11. The van der Waals surface area contributed by atoms with Crippen molar-refractivity contribution in [2.24, 2.45) is 0 Å². The average Bonchev–Trinajstić information content (AvgIpc) is 3.50. The molecule has 3 aliphatic rings. The maximum absolute atomic E-state index is 14.7. The number of urea groups is 2. The van der Waals surface area contributed by atoms with Gasteiger partial charge in [-0.1, -0.05) is 6.07 Å². The molecule has 51 heavy (non-hydrogen) atoms. The first-order valence-corrected chi connectivity index (χ1v) is 16.1. The molecule has 19 heteroatoms. The molecular formula is C32H34BF2N7O9. The zero-order valence-electron chi connectivity index (χ0n) is 27.3. The number of imide groups is 1. The Balaban J connectivity index is 1.17. The van der Waals surface area contributed by atoms with Crippen LogP contribution >= 0.6 is 0 Å². The molecule has 2 saturated heterocycles. The summed E-state index contributed by atoms with van der Waals surface area (Å²) in [7, 11) is -1.87. The Kier molecular flexibility index (Phi) is 9.93. The number of carbonyl (C=O) groups is 4. The molecule has 3 aromatic rings. The second-order valence-corrected chi connectivity index (χ2v) is 12.6. The molecule has 0 radical (unpaired) electrons. The first-order chi connectivity index (χ1) is 24.3. The van der Waals surface area contributed by atoms with Crippen molar-refractivity contribution in [3.05, 3.63) is 76.1 Å². The Bertz CT molecular complexity index is 1870. The van der Waals surface area contributed by atoms with Crippen molar-refractivity contribution >= 4 is 31.1 Å². The van der Waals surface area contributed by atoms with Gasteiger partial charge in [-0.3, -0.25) is 9.69 Å². The number of carboxylic acids is 1. The molecule has 0 saturated carbocycles. The number of benzene rings is 2. The number of piperidine rings is 1. The quantitative estimate of drug-likeness (QED) is 0.145. The van der Waals surface area contributed by atoms with Crippen LogP contribution in [0.5, 0.6) is 17.2 Å². The van der Waals surface area contributed by atoms with Crippen molar-refractivity contribution in [2.75, 3.05) is 26.2 Å². The van der Waals surface area contributed by atoms with E-state index < -0.39 is 77.5 Å². The van der Waals surface area contributed by atoms with Gasteiger partial charge in [-0.05, 0) is 61.1 Å². The number of hydrogen-bond donors (Lipinski definition) is 6. The van der Waals surface area contributed by atoms with Gasteiger partial charge in [0.05, 0.1) is 12.1 Å². The molecule has 6 rings (SSSR count). The van der Waals surface area contributed by atoms with Crippen LogP contribution in [0.25, 0.3) is 0 Å². The molecule has 0 spiro atoms. The Morgan fingerprint density at radius 3 is 2.49 bits per heavy atom. The van der Waals surface area contributed by atoms with E-state index in [1.807, 2.05) is 6.07 Å². The van der Waals surface area contributed by atoms with Crippen LogP contribution in [0, 0.1) is 18.6 Å². The third-order valence-corrected chi connectivity index (χ3v) is 9.45. The SMILES string of the molecule is Cc1c([C@@H](NC(=O)N2CCN(C3CCN(Cc4ccnnc4)CC3)C2=O)C(=O)N[C@H]2Cc3ccc(F)c(C(=O)O)c3OB2O)cc(F)c(O)c1O. The molecule has 0 unspecified atom stereocenters. The third kappa shape index (κ3) is 7.07. The number of rotatable bonds is 8. The fourth-order valence-electron chi connectivity index (χ4n) is 6.69. The molecule has 4 heterocycles. The Morgan fingerprint density at radius 2 is 1.80 bits per heavy atom. The highest BCUT2D eigenvalue weighted by Crippen LogP contribution is 2.37. The first kappa shape index (κ1) is 35.3. The van der Waals surface area contributed by atoms with Gasteiger partial charge in [0.1, 0.15) is 23.2 Å². The van der Waals surface area contributed by atoms with E-state index in [-0.39, 0.29) is 42.2 Å². The largest absolute Gasteiger partial charge is 0.547 e. The normalized spacial score (nSPS) is 18.6. The van der Waals surface area contributed by atoms with Crippen LogP contribution in [-0.2, 0) is 17.8 Å². The van der Waals surface area contributed by atoms with E-state index in [0.29, 0.717) is 32.5 Å². The van der Waals surface area contributed by atoms with Crippen LogP contribution in [0.1, 0.15) is 51.5 Å². The zero-order valence-corrected chi connectivity index (χ0v) is 27.3. The number of phenols is 2. The molecule has 0 aliphatic carbocycles. The predicted molar refractivity (Wildman–Crippen MR) is 172 cm³/mol. The lowest BCUT2D eigenvalue weighted by molar-refractivity contribution is -0.123. The topological polar surface area (TPSA) is 218 Å². The van der Waals surface area contributed by atoms with Gasteiger partial charge in [0.25, 0.3) is 0 Å². The minimum atomic E-state index is -1.87. The molecule has 0 bridgehead atoms. The summed E-state index contributed by atoms with van der Waals surface area (Å²) in [4.78, 5) is 57.3. The third-order valence-electron chi connectivity index (χ3n) is 9.45. The number of aromatic hydroxyl groups is 2. The van der Waals surface area contributed by atoms with Gasteiger partial charge in [-0.2, -0.15) is 10.2 Å². The van der Waals surface area contributed by atoms with Crippen molar-refractivity contribution in [3.63, 3.8) is 0 Å². The smallest absolute Gasteiger partial charge is 0.534 e. The standard InChI is InChI=1S/C32H34BF2N7O9/c1-16-20(13-22(35)27(44)26(16)43)25(29(45)38-23-12-18-2-3-21(34)24(30(46)47)28(18)51-33(23)50)39-31(48)42-11-10-41(32(42)49)19-5-8-40(9-6-19)15-17-4-7-36-37-14-17/h2-4,7,13-14,19,23,25,43-44,50H,5-6,8-12,15H2,1H3,(H,38,45)(H,39,48)(H,46,47)/t23-,25+/m0/s1. The van der Waals surface area contributed by atoms with Gasteiger partial charge >= 0.3 is 25.1 Å². The highest BCUT2D eigenvalue weighted by atomic mass is 19.1. The molecule has 2 fully saturated rings. The van der Waals surface area contributed by atoms with E-state index in [0.717, 1.165) is 22.6 Å². The number of phenolic OH excluding ortho intramolecular Hbond substituents is 2. The van der Waals surface area contributed by atoms with Gasteiger partial charge in [-0.25, -0.2) is 28.1 Å². The Labute approximate surface area is 289 Å². The summed E-state index contributed by atoms with van der Waals surface area (Å²) in [5.74, 6) is -8.71. The van der Waals surface area contributed by atoms with Crippen molar-refractivity contribution in [2.45, 2.75) is 50.8 Å². The number of halogens is 2. The fourth-order valence-corrected chi connectivity index (χ4v) is 6.69. The number of likely N-dealkylation sites (tertiary alicyclic amines) is 1. The molecular weight excluding hydrogens is 675 g/mol. The fraction of sp³-hybridized carbons (Fsp3) is 0.375. The summed E-state index contributed by atoms with van der Waals surface area (Å²) < 4.78 is 34.2. The van der Waals surface area contributed by atoms with Gasteiger partial charge in [-0.15, -0.1) is 0 Å². The number of aromatic carboxylic acids is 1. The van der Waals surface area contributed by atoms with Crippen LogP contribution in [0.2, 0.25) is 0 Å². The molecule has 2 aromatic carbocycles. The molecule has 5 amide bonds. The van der Waals surface area contributed by atoms with E-state index in [1.54, 1.807) is 17.3 Å². The first-order valence-electron chi connectivity index (χ1n) is 16.1. The lowest BCUT2D eigenvalue weighted by atomic mass is 9.72. The highest BCUT2D eigenvalue weighted by molar-refractivity contribution is 6.47. The van der Waals surface area contributed by atoms with Gasteiger partial charge in [0.2, 0.25) is 5.91 Å². The number of amides is 5. The van der Waals surface area contributed by atoms with Crippen LogP contribution in [0.4, 0.5) is 18.4 Å². The minimum Gasteiger partial charge on any atom is -0.534 e. The maximum atomic E-state index is 14.7. The van der Waals surface area contributed by atoms with E-state index in [9.17, 15) is 48.3 Å². The summed E-state index contributed by atoms with van der Waals surface area (Å²) in [6, 6.07) is 1.25. The molecule has 1 aromatic heterocycles. The number of carbonyl (C=O) groups excluding carboxylic acids is 3. The van der Waals surface area contributed by atoms with Gasteiger partial charge in [0.15, 0.2) is 17.3 Å². The molecule has 268 valence electrons. The van der Waals surface area contributed by atoms with E-state index in [2.05, 4.69) is 25.7 Å². The highest BCUT2D eigenvalue weighted by Gasteiger charge is 2.43. The number of nitrogens with zero attached hydrogens (tertiary/aromatic N) is 5. The number of nitrogens with one attached hydrogen (secondary N) is 2. The Hall–Kier alpha value is -5.56.